The van der Waals surface area contributed by atoms with Crippen molar-refractivity contribution in [1.29, 1.82) is 0 Å². The molecule has 0 aliphatic rings. The molecule has 6 heteroatoms. The molecule has 0 aromatic heterocycles. The van der Waals surface area contributed by atoms with Crippen LogP contribution < -0.4 is 10.1 Å². The second-order valence-corrected chi connectivity index (χ2v) is 4.33. The fraction of sp³-hybridized carbons (Fsp3) is 0.200. The summed E-state index contributed by atoms with van der Waals surface area (Å²) >= 11 is 0. The van der Waals surface area contributed by atoms with Crippen LogP contribution in [0.1, 0.15) is 12.5 Å². The number of benzene rings is 2. The van der Waals surface area contributed by atoms with Crippen molar-refractivity contribution in [3.05, 3.63) is 64.0 Å². The summed E-state index contributed by atoms with van der Waals surface area (Å²) in [4.78, 5) is 9.82. The number of nitrogens with zero attached hydrogens (tertiary/aromatic N) is 1. The summed E-state index contributed by atoms with van der Waals surface area (Å²) in [6, 6.07) is 11.3. The highest BCUT2D eigenvalue weighted by Crippen LogP contribution is 2.25. The van der Waals surface area contributed by atoms with Gasteiger partial charge in [-0.2, -0.15) is 4.39 Å². The minimum Gasteiger partial charge on any atom is -0.492 e. The smallest absolute Gasteiger partial charge is 0.304 e. The Morgan fingerprint density at radius 2 is 2.05 bits per heavy atom. The van der Waals surface area contributed by atoms with Crippen molar-refractivity contribution in [3.63, 3.8) is 0 Å². The Kier molecular flexibility index (Phi) is 4.71. The fourth-order valence-electron chi connectivity index (χ4n) is 1.90. The van der Waals surface area contributed by atoms with E-state index in [0.29, 0.717) is 24.5 Å². The number of nitrogens with one attached hydrogen (secondary N) is 1. The van der Waals surface area contributed by atoms with E-state index < -0.39 is 16.4 Å². The topological polar surface area (TPSA) is 64.4 Å². The predicted molar refractivity (Wildman–Crippen MR) is 78.0 cm³/mol. The Morgan fingerprint density at radius 1 is 1.29 bits per heavy atom. The molecule has 0 spiro atoms. The van der Waals surface area contributed by atoms with Crippen molar-refractivity contribution < 1.29 is 14.1 Å². The molecule has 0 atom stereocenters. The normalized spacial score (nSPS) is 10.2. The summed E-state index contributed by atoms with van der Waals surface area (Å²) in [5.41, 5.74) is 0.885. The Hall–Kier alpha value is -2.63. The molecule has 0 amide bonds. The molecular weight excluding hydrogens is 275 g/mol. The van der Waals surface area contributed by atoms with E-state index in [2.05, 4.69) is 5.32 Å². The van der Waals surface area contributed by atoms with E-state index >= 15 is 0 Å². The van der Waals surface area contributed by atoms with Crippen LogP contribution in [0.25, 0.3) is 0 Å². The van der Waals surface area contributed by atoms with Crippen molar-refractivity contribution >= 4 is 11.4 Å². The highest BCUT2D eigenvalue weighted by Gasteiger charge is 2.13. The van der Waals surface area contributed by atoms with Crippen molar-refractivity contribution in [2.75, 3.05) is 11.9 Å². The zero-order chi connectivity index (χ0) is 15.2. The number of anilines is 1. The van der Waals surface area contributed by atoms with Crippen LogP contribution in [0.3, 0.4) is 0 Å². The SMILES string of the molecule is CCOc1ccccc1NCc1ccc([N+](=O)[O-])c(F)c1. The Bertz CT molecular complexity index is 647. The van der Waals surface area contributed by atoms with E-state index in [0.717, 1.165) is 11.8 Å². The van der Waals surface area contributed by atoms with Gasteiger partial charge in [-0.25, -0.2) is 0 Å². The number of nitro benzene ring substituents is 1. The van der Waals surface area contributed by atoms with E-state index in [4.69, 9.17) is 4.74 Å². The van der Waals surface area contributed by atoms with Gasteiger partial charge in [-0.15, -0.1) is 0 Å². The molecule has 2 aromatic carbocycles. The molecule has 2 rings (SSSR count). The highest BCUT2D eigenvalue weighted by molar-refractivity contribution is 5.56. The quantitative estimate of drug-likeness (QED) is 0.650. The van der Waals surface area contributed by atoms with E-state index in [1.165, 1.54) is 12.1 Å². The monoisotopic (exact) mass is 290 g/mol. The van der Waals surface area contributed by atoms with Gasteiger partial charge < -0.3 is 10.1 Å². The molecule has 0 saturated heterocycles. The summed E-state index contributed by atoms with van der Waals surface area (Å²) < 4.78 is 19.0. The van der Waals surface area contributed by atoms with Gasteiger partial charge >= 0.3 is 5.69 Å². The van der Waals surface area contributed by atoms with Crippen LogP contribution in [0.2, 0.25) is 0 Å². The largest absolute Gasteiger partial charge is 0.492 e. The number of nitro groups is 1. The molecular formula is C15H15FN2O3. The van der Waals surface area contributed by atoms with Crippen molar-refractivity contribution in [2.45, 2.75) is 13.5 Å². The van der Waals surface area contributed by atoms with Crippen LogP contribution in [0.4, 0.5) is 15.8 Å². The third kappa shape index (κ3) is 3.68. The maximum atomic E-state index is 13.5. The molecule has 0 fully saturated rings. The van der Waals surface area contributed by atoms with Gasteiger partial charge in [-0.1, -0.05) is 18.2 Å². The first kappa shape index (κ1) is 14.8. The van der Waals surface area contributed by atoms with E-state index in [-0.39, 0.29) is 0 Å². The van der Waals surface area contributed by atoms with Gasteiger partial charge in [0.15, 0.2) is 0 Å². The first-order valence-electron chi connectivity index (χ1n) is 6.50. The van der Waals surface area contributed by atoms with Gasteiger partial charge in [-0.3, -0.25) is 10.1 Å². The summed E-state index contributed by atoms with van der Waals surface area (Å²) in [6.07, 6.45) is 0. The lowest BCUT2D eigenvalue weighted by Gasteiger charge is -2.12. The minimum atomic E-state index is -0.836. The third-order valence-corrected chi connectivity index (χ3v) is 2.88. The van der Waals surface area contributed by atoms with E-state index in [1.54, 1.807) is 0 Å². The second kappa shape index (κ2) is 6.69. The fourth-order valence-corrected chi connectivity index (χ4v) is 1.90. The van der Waals surface area contributed by atoms with Crippen LogP contribution in [0.15, 0.2) is 42.5 Å². The van der Waals surface area contributed by atoms with Gasteiger partial charge in [0, 0.05) is 12.6 Å². The van der Waals surface area contributed by atoms with Gasteiger partial charge in [-0.05, 0) is 30.7 Å². The molecule has 5 nitrogen and oxygen atoms in total. The standard InChI is InChI=1S/C15H15FN2O3/c1-2-21-15-6-4-3-5-13(15)17-10-11-7-8-14(18(19)20)12(16)9-11/h3-9,17H,2,10H2,1H3. The lowest BCUT2D eigenvalue weighted by atomic mass is 10.2. The molecule has 0 heterocycles. The first-order chi connectivity index (χ1) is 10.1. The zero-order valence-corrected chi connectivity index (χ0v) is 11.5. The average molecular weight is 290 g/mol. The van der Waals surface area contributed by atoms with Crippen LogP contribution in [0.5, 0.6) is 5.75 Å². The second-order valence-electron chi connectivity index (χ2n) is 4.33. The number of para-hydroxylation sites is 2. The van der Waals surface area contributed by atoms with Crippen LogP contribution in [0, 0.1) is 15.9 Å². The molecule has 1 N–H and O–H groups in total. The number of hydrogen-bond acceptors (Lipinski definition) is 4. The Morgan fingerprint density at radius 3 is 2.71 bits per heavy atom. The predicted octanol–water partition coefficient (Wildman–Crippen LogP) is 3.74. The maximum Gasteiger partial charge on any atom is 0.304 e. The van der Waals surface area contributed by atoms with Gasteiger partial charge in [0.05, 0.1) is 17.2 Å². The Balaban J connectivity index is 2.10. The molecule has 2 aromatic rings. The minimum absolute atomic E-state index is 0.346. The van der Waals surface area contributed by atoms with E-state index in [1.807, 2.05) is 31.2 Å². The summed E-state index contributed by atoms with van der Waals surface area (Å²) in [5, 5.41) is 13.7. The molecule has 0 saturated carbocycles. The summed E-state index contributed by atoms with van der Waals surface area (Å²) in [5.74, 6) is -0.125. The zero-order valence-electron chi connectivity index (χ0n) is 11.5. The lowest BCUT2D eigenvalue weighted by Crippen LogP contribution is -2.03. The molecule has 0 aliphatic carbocycles. The number of hydrogen-bond donors (Lipinski definition) is 1. The molecule has 21 heavy (non-hydrogen) atoms. The Labute approximate surface area is 121 Å². The third-order valence-electron chi connectivity index (χ3n) is 2.88. The maximum absolute atomic E-state index is 13.5. The first-order valence-corrected chi connectivity index (χ1v) is 6.50. The van der Waals surface area contributed by atoms with Gasteiger partial charge in [0.1, 0.15) is 5.75 Å². The summed E-state index contributed by atoms with van der Waals surface area (Å²) in [6.45, 7) is 2.78. The van der Waals surface area contributed by atoms with Crippen molar-refractivity contribution in [1.82, 2.24) is 0 Å². The van der Waals surface area contributed by atoms with Crippen LogP contribution >= 0.6 is 0 Å². The van der Waals surface area contributed by atoms with E-state index in [9.17, 15) is 14.5 Å². The van der Waals surface area contributed by atoms with Gasteiger partial charge in [0.25, 0.3) is 0 Å². The lowest BCUT2D eigenvalue weighted by molar-refractivity contribution is -0.387. The molecule has 0 unspecified atom stereocenters. The molecule has 0 bridgehead atoms. The van der Waals surface area contributed by atoms with Gasteiger partial charge in [0.2, 0.25) is 5.82 Å². The van der Waals surface area contributed by atoms with Crippen molar-refractivity contribution in [3.8, 4) is 5.75 Å². The number of rotatable bonds is 6. The highest BCUT2D eigenvalue weighted by atomic mass is 19.1. The summed E-state index contributed by atoms with van der Waals surface area (Å²) in [7, 11) is 0. The average Bonchev–Trinajstić information content (AvgIpc) is 2.46. The molecule has 0 radical (unpaired) electrons. The molecule has 110 valence electrons. The van der Waals surface area contributed by atoms with Crippen LogP contribution in [-0.2, 0) is 6.54 Å². The van der Waals surface area contributed by atoms with Crippen LogP contribution in [-0.4, -0.2) is 11.5 Å². The number of ether oxygens (including phenoxy) is 1. The number of halogens is 1. The molecule has 0 aliphatic heterocycles. The van der Waals surface area contributed by atoms with Crippen molar-refractivity contribution in [2.24, 2.45) is 0 Å².